The summed E-state index contributed by atoms with van der Waals surface area (Å²) in [6.07, 6.45) is 3.78. The van der Waals surface area contributed by atoms with E-state index in [-0.39, 0.29) is 0 Å². The maximum absolute atomic E-state index is 8.66. The lowest BCUT2D eigenvalue weighted by atomic mass is 9.94. The zero-order valence-corrected chi connectivity index (χ0v) is 15.7. The summed E-state index contributed by atoms with van der Waals surface area (Å²) in [5.41, 5.74) is 10.6. The van der Waals surface area contributed by atoms with E-state index in [1.807, 2.05) is 43.3 Å². The molecular formula is C22H26N4O. The number of rotatable bonds is 6. The Labute approximate surface area is 160 Å². The summed E-state index contributed by atoms with van der Waals surface area (Å²) in [6, 6.07) is 11.4. The van der Waals surface area contributed by atoms with Crippen LogP contribution in [-0.2, 0) is 4.74 Å². The van der Waals surface area contributed by atoms with Gasteiger partial charge in [0.15, 0.2) is 0 Å². The molecule has 2 heterocycles. The maximum Gasteiger partial charge on any atom is 0.126 e. The maximum atomic E-state index is 8.66. The third-order valence-electron chi connectivity index (χ3n) is 4.88. The average molecular weight is 362 g/mol. The van der Waals surface area contributed by atoms with Crippen LogP contribution in [0.2, 0.25) is 0 Å². The topological polar surface area (TPSA) is 84.4 Å². The highest BCUT2D eigenvalue weighted by Gasteiger charge is 2.16. The summed E-state index contributed by atoms with van der Waals surface area (Å²) >= 11 is 0. The monoisotopic (exact) mass is 362 g/mol. The van der Waals surface area contributed by atoms with Crippen molar-refractivity contribution in [3.05, 3.63) is 71.6 Å². The first-order valence-corrected chi connectivity index (χ1v) is 9.24. The number of nitrogens with one attached hydrogen (secondary N) is 1. The Morgan fingerprint density at radius 3 is 2.67 bits per heavy atom. The van der Waals surface area contributed by atoms with E-state index < -0.39 is 0 Å². The normalized spacial score (nSPS) is 15.5. The number of allylic oxidation sites excluding steroid dienone is 1. The molecule has 0 aliphatic carbocycles. The fourth-order valence-corrected chi connectivity index (χ4v) is 3.21. The number of aromatic nitrogens is 1. The number of amidine groups is 1. The van der Waals surface area contributed by atoms with Gasteiger partial charge in [0.2, 0.25) is 0 Å². The number of hydrogen-bond acceptors (Lipinski definition) is 4. The lowest BCUT2D eigenvalue weighted by Crippen LogP contribution is -2.22. The first kappa shape index (κ1) is 19.0. The Balaban J connectivity index is 1.82. The quantitative estimate of drug-likeness (QED) is 0.608. The van der Waals surface area contributed by atoms with Crippen LogP contribution >= 0.6 is 0 Å². The van der Waals surface area contributed by atoms with Crippen molar-refractivity contribution in [2.75, 3.05) is 19.8 Å². The van der Waals surface area contributed by atoms with Crippen molar-refractivity contribution >= 4 is 17.1 Å². The van der Waals surface area contributed by atoms with Gasteiger partial charge >= 0.3 is 0 Å². The van der Waals surface area contributed by atoms with Gasteiger partial charge in [-0.2, -0.15) is 0 Å². The molecule has 0 unspecified atom stereocenters. The van der Waals surface area contributed by atoms with Crippen molar-refractivity contribution in [3.63, 3.8) is 0 Å². The average Bonchev–Trinajstić information content (AvgIpc) is 2.71. The second kappa shape index (κ2) is 8.73. The minimum absolute atomic E-state index is 0.348. The highest BCUT2D eigenvalue weighted by Crippen LogP contribution is 2.21. The SMILES string of the molecule is C=C(C(=N)c1ccccc1C(N)=NCC1CCOCC1)c1ccnc(C)c1. The number of aryl methyl sites for hydroxylation is 1. The van der Waals surface area contributed by atoms with Crippen LogP contribution in [0.1, 0.15) is 35.2 Å². The van der Waals surface area contributed by atoms with Gasteiger partial charge in [-0.1, -0.05) is 30.8 Å². The molecule has 27 heavy (non-hydrogen) atoms. The van der Waals surface area contributed by atoms with Crippen LogP contribution in [-0.4, -0.2) is 36.3 Å². The summed E-state index contributed by atoms with van der Waals surface area (Å²) in [4.78, 5) is 8.82. The number of nitrogens with two attached hydrogens (primary N) is 1. The molecule has 0 spiro atoms. The largest absolute Gasteiger partial charge is 0.383 e. The number of ether oxygens (including phenoxy) is 1. The molecule has 5 heteroatoms. The fraction of sp³-hybridized carbons (Fsp3) is 0.318. The molecule has 140 valence electrons. The molecule has 2 aromatic rings. The summed E-state index contributed by atoms with van der Waals surface area (Å²) in [5.74, 6) is 0.985. The third-order valence-corrected chi connectivity index (χ3v) is 4.88. The second-order valence-electron chi connectivity index (χ2n) is 6.87. The minimum Gasteiger partial charge on any atom is -0.383 e. The van der Waals surface area contributed by atoms with Crippen LogP contribution in [0, 0.1) is 18.3 Å². The molecule has 3 N–H and O–H groups in total. The molecule has 1 fully saturated rings. The van der Waals surface area contributed by atoms with Crippen molar-refractivity contribution in [3.8, 4) is 0 Å². The fourth-order valence-electron chi connectivity index (χ4n) is 3.21. The van der Waals surface area contributed by atoms with E-state index in [1.165, 1.54) is 0 Å². The van der Waals surface area contributed by atoms with Gasteiger partial charge < -0.3 is 10.5 Å². The van der Waals surface area contributed by atoms with E-state index in [2.05, 4.69) is 16.6 Å². The predicted molar refractivity (Wildman–Crippen MR) is 110 cm³/mol. The molecule has 1 aromatic carbocycles. The Bertz CT molecular complexity index is 866. The van der Waals surface area contributed by atoms with Crippen LogP contribution in [0.15, 0.2) is 54.2 Å². The first-order valence-electron chi connectivity index (χ1n) is 9.24. The van der Waals surface area contributed by atoms with E-state index in [9.17, 15) is 0 Å². The first-order chi connectivity index (χ1) is 13.1. The van der Waals surface area contributed by atoms with Crippen molar-refractivity contribution in [1.29, 1.82) is 5.41 Å². The van der Waals surface area contributed by atoms with Gasteiger partial charge in [0.05, 0.1) is 5.71 Å². The molecule has 0 bridgehead atoms. The molecule has 1 saturated heterocycles. The Hall–Kier alpha value is -2.79. The van der Waals surface area contributed by atoms with Gasteiger partial charge in [-0.15, -0.1) is 0 Å². The highest BCUT2D eigenvalue weighted by atomic mass is 16.5. The summed E-state index contributed by atoms with van der Waals surface area (Å²) in [5, 5.41) is 8.66. The van der Waals surface area contributed by atoms with Gasteiger partial charge in [-0.3, -0.25) is 15.4 Å². The molecule has 1 aromatic heterocycles. The van der Waals surface area contributed by atoms with Crippen molar-refractivity contribution < 1.29 is 4.74 Å². The third kappa shape index (κ3) is 4.68. The number of pyridine rings is 1. The second-order valence-corrected chi connectivity index (χ2v) is 6.87. The molecule has 1 aliphatic heterocycles. The molecule has 0 atom stereocenters. The Kier molecular flexibility index (Phi) is 6.14. The van der Waals surface area contributed by atoms with Gasteiger partial charge in [-0.25, -0.2) is 0 Å². The molecule has 0 saturated carbocycles. The van der Waals surface area contributed by atoms with Crippen molar-refractivity contribution in [1.82, 2.24) is 4.98 Å². The predicted octanol–water partition coefficient (Wildman–Crippen LogP) is 3.60. The van der Waals surface area contributed by atoms with E-state index in [1.54, 1.807) is 6.20 Å². The smallest absolute Gasteiger partial charge is 0.126 e. The van der Waals surface area contributed by atoms with Crippen LogP contribution in [0.25, 0.3) is 5.57 Å². The lowest BCUT2D eigenvalue weighted by molar-refractivity contribution is 0.0689. The highest BCUT2D eigenvalue weighted by molar-refractivity contribution is 6.32. The van der Waals surface area contributed by atoms with Gasteiger partial charge in [0.1, 0.15) is 5.84 Å². The van der Waals surface area contributed by atoms with E-state index in [0.29, 0.717) is 29.6 Å². The summed E-state index contributed by atoms with van der Waals surface area (Å²) in [6.45, 7) is 8.33. The standard InChI is InChI=1S/C22H26N4O/c1-15-13-18(7-10-25-15)16(2)21(23)19-5-3-4-6-20(19)22(24)26-14-17-8-11-27-12-9-17/h3-7,10,13,17,23H,2,8-9,11-12,14H2,1H3,(H2,24,26). The molecular weight excluding hydrogens is 336 g/mol. The zero-order valence-electron chi connectivity index (χ0n) is 15.7. The van der Waals surface area contributed by atoms with Crippen LogP contribution < -0.4 is 5.73 Å². The van der Waals surface area contributed by atoms with E-state index in [0.717, 1.165) is 48.4 Å². The Morgan fingerprint density at radius 2 is 1.96 bits per heavy atom. The van der Waals surface area contributed by atoms with Crippen LogP contribution in [0.3, 0.4) is 0 Å². The zero-order chi connectivity index (χ0) is 19.2. The summed E-state index contributed by atoms with van der Waals surface area (Å²) in [7, 11) is 0. The van der Waals surface area contributed by atoms with Crippen molar-refractivity contribution in [2.45, 2.75) is 19.8 Å². The molecule has 3 rings (SSSR count). The van der Waals surface area contributed by atoms with Gasteiger partial charge in [-0.05, 0) is 43.4 Å². The summed E-state index contributed by atoms with van der Waals surface area (Å²) < 4.78 is 5.40. The number of hydrogen-bond donors (Lipinski definition) is 2. The number of nitrogens with zero attached hydrogens (tertiary/aromatic N) is 2. The molecule has 5 nitrogen and oxygen atoms in total. The lowest BCUT2D eigenvalue weighted by Gasteiger charge is -2.20. The van der Waals surface area contributed by atoms with Crippen LogP contribution in [0.4, 0.5) is 0 Å². The number of benzene rings is 1. The Morgan fingerprint density at radius 1 is 1.26 bits per heavy atom. The molecule has 0 amide bonds. The van der Waals surface area contributed by atoms with Crippen molar-refractivity contribution in [2.24, 2.45) is 16.6 Å². The van der Waals surface area contributed by atoms with Crippen LogP contribution in [0.5, 0.6) is 0 Å². The molecule has 1 aliphatic rings. The van der Waals surface area contributed by atoms with Gasteiger partial charge in [0.25, 0.3) is 0 Å². The number of aliphatic imine (C=N–C) groups is 1. The van der Waals surface area contributed by atoms with E-state index >= 15 is 0 Å². The molecule has 0 radical (unpaired) electrons. The van der Waals surface area contributed by atoms with E-state index in [4.69, 9.17) is 15.9 Å². The van der Waals surface area contributed by atoms with Gasteiger partial charge in [0, 0.05) is 48.3 Å². The minimum atomic E-state index is 0.348.